The van der Waals surface area contributed by atoms with E-state index < -0.39 is 0 Å². The fourth-order valence-electron chi connectivity index (χ4n) is 1.11. The predicted molar refractivity (Wildman–Crippen MR) is 63.5 cm³/mol. The first-order valence-corrected chi connectivity index (χ1v) is 5.64. The first kappa shape index (κ1) is 13.5. The van der Waals surface area contributed by atoms with Crippen molar-refractivity contribution >= 4 is 0 Å². The van der Waals surface area contributed by atoms with E-state index in [0.717, 1.165) is 38.4 Å². The summed E-state index contributed by atoms with van der Waals surface area (Å²) in [6, 6.07) is 0. The lowest BCUT2D eigenvalue weighted by atomic mass is 10.4. The molecule has 0 saturated carbocycles. The molecule has 0 radical (unpaired) electrons. The maximum absolute atomic E-state index is 3.94. The van der Waals surface area contributed by atoms with Gasteiger partial charge in [-0.2, -0.15) is 0 Å². The summed E-state index contributed by atoms with van der Waals surface area (Å²) in [4.78, 5) is 0. The molecular weight excluding hydrogens is 174 g/mol. The van der Waals surface area contributed by atoms with Gasteiger partial charge in [0.05, 0.1) is 0 Å². The van der Waals surface area contributed by atoms with E-state index >= 15 is 0 Å². The van der Waals surface area contributed by atoms with E-state index in [4.69, 9.17) is 0 Å². The lowest BCUT2D eigenvalue weighted by molar-refractivity contribution is 0.622. The first-order valence-electron chi connectivity index (χ1n) is 5.64. The third-order valence-electron chi connectivity index (χ3n) is 1.87. The lowest BCUT2D eigenvalue weighted by Crippen LogP contribution is -2.31. The van der Waals surface area contributed by atoms with Gasteiger partial charge < -0.3 is 16.0 Å². The lowest BCUT2D eigenvalue weighted by Gasteiger charge is -2.10. The quantitative estimate of drug-likeness (QED) is 0.461. The molecule has 0 aliphatic carbocycles. The van der Waals surface area contributed by atoms with Crippen molar-refractivity contribution in [2.24, 2.45) is 0 Å². The largest absolute Gasteiger partial charge is 0.386 e. The summed E-state index contributed by atoms with van der Waals surface area (Å²) in [6.45, 7) is 13.3. The van der Waals surface area contributed by atoms with Crippen LogP contribution in [0.15, 0.2) is 12.3 Å². The van der Waals surface area contributed by atoms with Gasteiger partial charge >= 0.3 is 0 Å². The van der Waals surface area contributed by atoms with Gasteiger partial charge in [-0.3, -0.25) is 0 Å². The van der Waals surface area contributed by atoms with Gasteiger partial charge in [0.25, 0.3) is 0 Å². The van der Waals surface area contributed by atoms with Crippen molar-refractivity contribution < 1.29 is 0 Å². The Kier molecular flexibility index (Phi) is 10.1. The van der Waals surface area contributed by atoms with Crippen molar-refractivity contribution in [2.45, 2.75) is 26.7 Å². The minimum absolute atomic E-state index is 0.877. The monoisotopic (exact) mass is 199 g/mol. The maximum atomic E-state index is 3.94. The van der Waals surface area contributed by atoms with Gasteiger partial charge in [0.2, 0.25) is 0 Å². The first-order chi connectivity index (χ1) is 6.81. The Morgan fingerprint density at radius 1 is 0.929 bits per heavy atom. The van der Waals surface area contributed by atoms with E-state index in [0.29, 0.717) is 0 Å². The molecule has 0 unspecified atom stereocenters. The highest BCUT2D eigenvalue weighted by Gasteiger charge is 1.91. The summed E-state index contributed by atoms with van der Waals surface area (Å²) < 4.78 is 0. The molecule has 0 heterocycles. The zero-order chi connectivity index (χ0) is 10.6. The third kappa shape index (κ3) is 9.55. The Morgan fingerprint density at radius 3 is 2.21 bits per heavy atom. The van der Waals surface area contributed by atoms with Gasteiger partial charge in [-0.25, -0.2) is 0 Å². The van der Waals surface area contributed by atoms with E-state index in [1.807, 2.05) is 0 Å². The minimum atomic E-state index is 0.877. The Balaban J connectivity index is 3.10. The molecule has 0 aliphatic rings. The number of nitrogens with one attached hydrogen (secondary N) is 3. The van der Waals surface area contributed by atoms with Crippen LogP contribution in [0.25, 0.3) is 0 Å². The van der Waals surface area contributed by atoms with E-state index in [9.17, 15) is 0 Å². The number of rotatable bonds is 10. The molecule has 14 heavy (non-hydrogen) atoms. The second kappa shape index (κ2) is 10.5. The molecule has 0 fully saturated rings. The van der Waals surface area contributed by atoms with E-state index in [1.54, 1.807) is 0 Å². The van der Waals surface area contributed by atoms with Crippen LogP contribution in [0.5, 0.6) is 0 Å². The summed E-state index contributed by atoms with van der Waals surface area (Å²) >= 11 is 0. The van der Waals surface area contributed by atoms with Crippen LogP contribution in [-0.2, 0) is 0 Å². The maximum Gasteiger partial charge on any atom is 0.0347 e. The molecule has 0 aromatic heterocycles. The summed E-state index contributed by atoms with van der Waals surface area (Å²) in [5.74, 6) is 0. The van der Waals surface area contributed by atoms with Gasteiger partial charge in [0.1, 0.15) is 0 Å². The molecule has 0 saturated heterocycles. The highest BCUT2D eigenvalue weighted by atomic mass is 15.0. The van der Waals surface area contributed by atoms with Crippen LogP contribution in [0, 0.1) is 0 Å². The van der Waals surface area contributed by atoms with Crippen LogP contribution in [0.4, 0.5) is 0 Å². The van der Waals surface area contributed by atoms with Crippen molar-refractivity contribution in [3.63, 3.8) is 0 Å². The molecule has 0 aliphatic heterocycles. The predicted octanol–water partition coefficient (Wildman–Crippen LogP) is 1.09. The van der Waals surface area contributed by atoms with Crippen molar-refractivity contribution in [1.29, 1.82) is 0 Å². The molecule has 0 aromatic rings. The van der Waals surface area contributed by atoms with Crippen molar-refractivity contribution in [3.8, 4) is 0 Å². The van der Waals surface area contributed by atoms with Gasteiger partial charge in [0.15, 0.2) is 0 Å². The fourth-order valence-corrected chi connectivity index (χ4v) is 1.11. The molecule has 0 spiro atoms. The summed E-state index contributed by atoms with van der Waals surface area (Å²) in [7, 11) is 0. The van der Waals surface area contributed by atoms with Crippen molar-refractivity contribution in [2.75, 3.05) is 32.7 Å². The average Bonchev–Trinajstić information content (AvgIpc) is 2.18. The summed E-state index contributed by atoms with van der Waals surface area (Å²) in [6.07, 6.45) is 2.37. The Labute approximate surface area is 88.3 Å². The SMILES string of the molecule is C=C(CNCCC)NCCNCCC. The molecule has 3 N–H and O–H groups in total. The van der Waals surface area contributed by atoms with Crippen LogP contribution in [0.3, 0.4) is 0 Å². The zero-order valence-corrected chi connectivity index (χ0v) is 9.66. The van der Waals surface area contributed by atoms with Crippen LogP contribution in [0.2, 0.25) is 0 Å². The average molecular weight is 199 g/mol. The van der Waals surface area contributed by atoms with Gasteiger partial charge in [0, 0.05) is 25.3 Å². The van der Waals surface area contributed by atoms with Crippen molar-refractivity contribution in [1.82, 2.24) is 16.0 Å². The molecule has 0 rings (SSSR count). The minimum Gasteiger partial charge on any atom is -0.386 e. The zero-order valence-electron chi connectivity index (χ0n) is 9.66. The molecule has 0 atom stereocenters. The molecule has 0 bridgehead atoms. The Hall–Kier alpha value is -0.540. The van der Waals surface area contributed by atoms with E-state index in [1.165, 1.54) is 12.8 Å². The van der Waals surface area contributed by atoms with Crippen LogP contribution >= 0.6 is 0 Å². The normalized spacial score (nSPS) is 10.1. The Bertz CT molecular complexity index is 134. The van der Waals surface area contributed by atoms with E-state index in [-0.39, 0.29) is 0 Å². The highest BCUT2D eigenvalue weighted by molar-refractivity contribution is 4.93. The molecule has 84 valence electrons. The smallest absolute Gasteiger partial charge is 0.0347 e. The molecular formula is C11H25N3. The fraction of sp³-hybridized carbons (Fsp3) is 0.818. The second-order valence-electron chi connectivity index (χ2n) is 3.46. The second-order valence-corrected chi connectivity index (χ2v) is 3.46. The molecule has 0 aromatic carbocycles. The van der Waals surface area contributed by atoms with Crippen LogP contribution in [-0.4, -0.2) is 32.7 Å². The third-order valence-corrected chi connectivity index (χ3v) is 1.87. The van der Waals surface area contributed by atoms with Gasteiger partial charge in [-0.1, -0.05) is 20.4 Å². The van der Waals surface area contributed by atoms with Crippen molar-refractivity contribution in [3.05, 3.63) is 12.3 Å². The van der Waals surface area contributed by atoms with Crippen LogP contribution < -0.4 is 16.0 Å². The van der Waals surface area contributed by atoms with E-state index in [2.05, 4.69) is 36.4 Å². The van der Waals surface area contributed by atoms with Crippen LogP contribution in [0.1, 0.15) is 26.7 Å². The van der Waals surface area contributed by atoms with Gasteiger partial charge in [-0.05, 0) is 25.9 Å². The molecule has 3 nitrogen and oxygen atoms in total. The number of hydrogen-bond acceptors (Lipinski definition) is 3. The Morgan fingerprint density at radius 2 is 1.57 bits per heavy atom. The summed E-state index contributed by atoms with van der Waals surface area (Å²) in [5, 5.41) is 9.92. The van der Waals surface area contributed by atoms with Gasteiger partial charge in [-0.15, -0.1) is 0 Å². The molecule has 0 amide bonds. The number of hydrogen-bond donors (Lipinski definition) is 3. The standard InChI is InChI=1S/C11H25N3/c1-4-6-12-8-9-14-11(3)10-13-7-5-2/h12-14H,3-10H2,1-2H3. The topological polar surface area (TPSA) is 36.1 Å². The molecule has 3 heteroatoms. The highest BCUT2D eigenvalue weighted by Crippen LogP contribution is 1.80. The summed E-state index contributed by atoms with van der Waals surface area (Å²) in [5.41, 5.74) is 1.08.